The van der Waals surface area contributed by atoms with Gasteiger partial charge < -0.3 is 9.64 Å². The van der Waals surface area contributed by atoms with Gasteiger partial charge in [-0.25, -0.2) is 14.3 Å². The molecule has 1 aliphatic rings. The summed E-state index contributed by atoms with van der Waals surface area (Å²) >= 11 is 0. The van der Waals surface area contributed by atoms with E-state index >= 15 is 0 Å². The van der Waals surface area contributed by atoms with Crippen molar-refractivity contribution in [3.63, 3.8) is 0 Å². The first-order valence-corrected chi connectivity index (χ1v) is 9.08. The van der Waals surface area contributed by atoms with Crippen LogP contribution in [0.15, 0.2) is 37.2 Å². The van der Waals surface area contributed by atoms with Gasteiger partial charge >= 0.3 is 5.97 Å². The number of hydrogen-bond donors (Lipinski definition) is 0. The molecule has 1 aliphatic heterocycles. The fourth-order valence-electron chi connectivity index (χ4n) is 3.40. The zero-order valence-electron chi connectivity index (χ0n) is 15.5. The van der Waals surface area contributed by atoms with E-state index in [1.54, 1.807) is 51.6 Å². The second kappa shape index (κ2) is 7.26. The maximum atomic E-state index is 13.0. The first-order chi connectivity index (χ1) is 13.6. The molecule has 0 aliphatic carbocycles. The van der Waals surface area contributed by atoms with Crippen LogP contribution in [0.3, 0.4) is 0 Å². The molecular formula is C19H20N6O3. The van der Waals surface area contributed by atoms with Crippen molar-refractivity contribution in [2.75, 3.05) is 13.2 Å². The Morgan fingerprint density at radius 3 is 2.96 bits per heavy atom. The lowest BCUT2D eigenvalue weighted by Gasteiger charge is -2.27. The fourth-order valence-corrected chi connectivity index (χ4v) is 3.40. The van der Waals surface area contributed by atoms with E-state index < -0.39 is 5.97 Å². The summed E-state index contributed by atoms with van der Waals surface area (Å²) in [6, 6.07) is 3.41. The van der Waals surface area contributed by atoms with Gasteiger partial charge in [0.25, 0.3) is 5.91 Å². The number of hydrogen-bond acceptors (Lipinski definition) is 6. The number of rotatable bonds is 5. The number of aromatic nitrogens is 5. The summed E-state index contributed by atoms with van der Waals surface area (Å²) in [5.41, 5.74) is 2.84. The molecule has 4 heterocycles. The number of allylic oxidation sites excluding steroid dienone is 1. The van der Waals surface area contributed by atoms with Crippen molar-refractivity contribution < 1.29 is 14.3 Å². The van der Waals surface area contributed by atoms with E-state index in [0.717, 1.165) is 11.3 Å². The zero-order chi connectivity index (χ0) is 19.7. The summed E-state index contributed by atoms with van der Waals surface area (Å²) in [6.07, 6.45) is 5.71. The standard InChI is InChI=1S/C19H20N6O3/c1-3-8-24-15-6-10-23(12-13(15)17(22-24)19(27)28-4-2)18(26)14-11-16-20-7-5-9-25(16)21-14/h3,5,7,9,11H,1,4,6,8,10,12H2,2H3. The van der Waals surface area contributed by atoms with E-state index in [1.165, 1.54) is 0 Å². The lowest BCUT2D eigenvalue weighted by atomic mass is 10.0. The van der Waals surface area contributed by atoms with Crippen LogP contribution in [-0.2, 0) is 24.2 Å². The normalized spacial score (nSPS) is 13.4. The molecule has 3 aromatic heterocycles. The van der Waals surface area contributed by atoms with Gasteiger partial charge in [0.1, 0.15) is 0 Å². The average molecular weight is 380 g/mol. The summed E-state index contributed by atoms with van der Waals surface area (Å²) in [6.45, 7) is 7.04. The van der Waals surface area contributed by atoms with Gasteiger partial charge in [-0.2, -0.15) is 10.2 Å². The molecule has 0 atom stereocenters. The topological polar surface area (TPSA) is 94.6 Å². The monoisotopic (exact) mass is 380 g/mol. The molecule has 0 saturated heterocycles. The summed E-state index contributed by atoms with van der Waals surface area (Å²) in [7, 11) is 0. The minimum absolute atomic E-state index is 0.206. The van der Waals surface area contributed by atoms with E-state index in [4.69, 9.17) is 4.74 Å². The molecule has 0 radical (unpaired) electrons. The molecule has 144 valence electrons. The van der Waals surface area contributed by atoms with E-state index in [9.17, 15) is 9.59 Å². The number of fused-ring (bicyclic) bond motifs is 2. The third-order valence-electron chi connectivity index (χ3n) is 4.65. The Labute approximate surface area is 161 Å². The number of carbonyl (C=O) groups excluding carboxylic acids is 2. The Morgan fingerprint density at radius 2 is 2.21 bits per heavy atom. The average Bonchev–Trinajstić information content (AvgIpc) is 3.29. The lowest BCUT2D eigenvalue weighted by molar-refractivity contribution is 0.0513. The second-order valence-electron chi connectivity index (χ2n) is 6.39. The van der Waals surface area contributed by atoms with Gasteiger partial charge in [-0.05, 0) is 13.0 Å². The summed E-state index contributed by atoms with van der Waals surface area (Å²) < 4.78 is 8.46. The van der Waals surface area contributed by atoms with Crippen molar-refractivity contribution in [2.45, 2.75) is 26.4 Å². The van der Waals surface area contributed by atoms with Crippen molar-refractivity contribution in [3.05, 3.63) is 59.8 Å². The van der Waals surface area contributed by atoms with E-state index in [0.29, 0.717) is 30.9 Å². The van der Waals surface area contributed by atoms with Crippen LogP contribution < -0.4 is 0 Å². The van der Waals surface area contributed by atoms with Crippen LogP contribution in [-0.4, -0.2) is 54.3 Å². The molecule has 0 unspecified atom stereocenters. The number of esters is 1. The molecular weight excluding hydrogens is 360 g/mol. The van der Waals surface area contributed by atoms with Gasteiger partial charge in [0.15, 0.2) is 17.0 Å². The van der Waals surface area contributed by atoms with Crippen LogP contribution in [0.4, 0.5) is 0 Å². The maximum absolute atomic E-state index is 13.0. The highest BCUT2D eigenvalue weighted by atomic mass is 16.5. The third-order valence-corrected chi connectivity index (χ3v) is 4.65. The quantitative estimate of drug-likeness (QED) is 0.492. The van der Waals surface area contributed by atoms with Crippen LogP contribution in [0.1, 0.15) is 39.2 Å². The number of carbonyl (C=O) groups is 2. The minimum atomic E-state index is -0.479. The van der Waals surface area contributed by atoms with Crippen LogP contribution in [0.5, 0.6) is 0 Å². The molecule has 0 saturated carbocycles. The molecule has 9 heteroatoms. The smallest absolute Gasteiger partial charge is 0.359 e. The number of nitrogens with zero attached hydrogens (tertiary/aromatic N) is 6. The molecule has 0 aromatic carbocycles. The van der Waals surface area contributed by atoms with E-state index in [1.807, 2.05) is 0 Å². The Kier molecular flexibility index (Phi) is 4.64. The maximum Gasteiger partial charge on any atom is 0.359 e. The fraction of sp³-hybridized carbons (Fsp3) is 0.316. The first-order valence-electron chi connectivity index (χ1n) is 9.08. The van der Waals surface area contributed by atoms with E-state index in [2.05, 4.69) is 21.8 Å². The molecule has 1 amide bonds. The highest BCUT2D eigenvalue weighted by Gasteiger charge is 2.31. The molecule has 0 spiro atoms. The van der Waals surface area contributed by atoms with Crippen LogP contribution in [0.25, 0.3) is 5.65 Å². The number of amides is 1. The van der Waals surface area contributed by atoms with Crippen molar-refractivity contribution in [2.24, 2.45) is 0 Å². The predicted octanol–water partition coefficient (Wildman–Crippen LogP) is 1.49. The molecule has 0 N–H and O–H groups in total. The third kappa shape index (κ3) is 3.04. The number of ether oxygens (including phenoxy) is 1. The highest BCUT2D eigenvalue weighted by molar-refractivity contribution is 5.94. The van der Waals surface area contributed by atoms with E-state index in [-0.39, 0.29) is 24.8 Å². The zero-order valence-corrected chi connectivity index (χ0v) is 15.5. The van der Waals surface area contributed by atoms with Crippen LogP contribution >= 0.6 is 0 Å². The van der Waals surface area contributed by atoms with Gasteiger partial charge in [0.05, 0.1) is 19.7 Å². The Bertz CT molecular complexity index is 1030. The Hall–Kier alpha value is -3.49. The summed E-state index contributed by atoms with van der Waals surface area (Å²) in [5.74, 6) is -0.685. The Balaban J connectivity index is 1.65. The molecule has 9 nitrogen and oxygen atoms in total. The minimum Gasteiger partial charge on any atom is -0.461 e. The second-order valence-corrected chi connectivity index (χ2v) is 6.39. The molecule has 28 heavy (non-hydrogen) atoms. The molecule has 4 rings (SSSR count). The van der Waals surface area contributed by atoms with Crippen molar-refractivity contribution in [1.82, 2.24) is 29.3 Å². The SMILES string of the molecule is C=CCn1nc(C(=O)OCC)c2c1CCN(C(=O)c1cc3ncccn3n1)C2. The summed E-state index contributed by atoms with van der Waals surface area (Å²) in [5, 5.41) is 8.71. The molecule has 0 fully saturated rings. The van der Waals surface area contributed by atoms with Crippen molar-refractivity contribution in [3.8, 4) is 0 Å². The summed E-state index contributed by atoms with van der Waals surface area (Å²) in [4.78, 5) is 31.2. The van der Waals surface area contributed by atoms with Crippen LogP contribution in [0, 0.1) is 0 Å². The van der Waals surface area contributed by atoms with Gasteiger partial charge in [0.2, 0.25) is 0 Å². The predicted molar refractivity (Wildman–Crippen MR) is 99.8 cm³/mol. The van der Waals surface area contributed by atoms with Gasteiger partial charge in [0, 0.05) is 42.7 Å². The largest absolute Gasteiger partial charge is 0.461 e. The van der Waals surface area contributed by atoms with Gasteiger partial charge in [-0.3, -0.25) is 9.48 Å². The molecule has 0 bridgehead atoms. The van der Waals surface area contributed by atoms with Crippen molar-refractivity contribution >= 4 is 17.5 Å². The Morgan fingerprint density at radius 1 is 1.36 bits per heavy atom. The first kappa shape index (κ1) is 17.9. The van der Waals surface area contributed by atoms with Gasteiger partial charge in [-0.15, -0.1) is 6.58 Å². The molecule has 3 aromatic rings. The lowest BCUT2D eigenvalue weighted by Crippen LogP contribution is -2.37. The van der Waals surface area contributed by atoms with Crippen LogP contribution in [0.2, 0.25) is 0 Å². The van der Waals surface area contributed by atoms with Crippen molar-refractivity contribution in [1.29, 1.82) is 0 Å². The highest BCUT2D eigenvalue weighted by Crippen LogP contribution is 2.25. The van der Waals surface area contributed by atoms with Gasteiger partial charge in [-0.1, -0.05) is 6.08 Å².